The monoisotopic (exact) mass is 562 g/mol. The van der Waals surface area contributed by atoms with Crippen molar-refractivity contribution in [3.63, 3.8) is 0 Å². The number of alkyl carbamates (subject to hydrolysis) is 1. The van der Waals surface area contributed by atoms with E-state index in [0.717, 1.165) is 0 Å². The van der Waals surface area contributed by atoms with E-state index in [-0.39, 0.29) is 18.7 Å². The van der Waals surface area contributed by atoms with E-state index in [2.05, 4.69) is 5.32 Å². The lowest BCUT2D eigenvalue weighted by Gasteiger charge is -2.23. The van der Waals surface area contributed by atoms with Crippen molar-refractivity contribution in [1.29, 1.82) is 0 Å². The molecule has 1 aromatic heterocycles. The molecule has 0 aliphatic rings. The van der Waals surface area contributed by atoms with E-state index in [0.29, 0.717) is 44.9 Å². The Morgan fingerprint density at radius 2 is 1.74 bits per heavy atom. The maximum absolute atomic E-state index is 14.1. The summed E-state index contributed by atoms with van der Waals surface area (Å²) in [6.45, 7) is 6.58. The van der Waals surface area contributed by atoms with E-state index in [9.17, 15) is 19.5 Å². The highest BCUT2D eigenvalue weighted by Crippen LogP contribution is 2.37. The molecule has 10 heteroatoms. The Bertz CT molecular complexity index is 1360. The van der Waals surface area contributed by atoms with Crippen molar-refractivity contribution < 1.29 is 24.2 Å². The van der Waals surface area contributed by atoms with Crippen LogP contribution >= 0.6 is 23.2 Å². The van der Waals surface area contributed by atoms with Crippen LogP contribution in [-0.4, -0.2) is 40.7 Å². The zero-order valence-corrected chi connectivity index (χ0v) is 23.4. The number of benzene rings is 2. The lowest BCUT2D eigenvalue weighted by atomic mass is 9.86. The predicted molar refractivity (Wildman–Crippen MR) is 149 cm³/mol. The molecule has 0 saturated heterocycles. The van der Waals surface area contributed by atoms with Crippen LogP contribution in [0.2, 0.25) is 10.0 Å². The summed E-state index contributed by atoms with van der Waals surface area (Å²) in [5, 5.41) is 13.6. The lowest BCUT2D eigenvalue weighted by Crippen LogP contribution is -2.37. The molecule has 0 aliphatic heterocycles. The van der Waals surface area contributed by atoms with Crippen molar-refractivity contribution in [2.45, 2.75) is 58.6 Å². The van der Waals surface area contributed by atoms with Crippen LogP contribution in [0.25, 0.3) is 22.0 Å². The van der Waals surface area contributed by atoms with Gasteiger partial charge < -0.3 is 24.5 Å². The largest absolute Gasteiger partial charge is 0.444 e. The minimum absolute atomic E-state index is 0.103. The van der Waals surface area contributed by atoms with Gasteiger partial charge in [-0.05, 0) is 63.1 Å². The summed E-state index contributed by atoms with van der Waals surface area (Å²) in [6, 6.07) is 12.1. The number of carbonyl (C=O) groups excluding carboxylic acids is 2. The molecular formula is C28H32Cl2N2O6. The fourth-order valence-corrected chi connectivity index (χ4v) is 4.64. The number of amides is 1. The van der Waals surface area contributed by atoms with Crippen LogP contribution in [0.3, 0.4) is 0 Å². The van der Waals surface area contributed by atoms with Gasteiger partial charge in [0.15, 0.2) is 6.79 Å². The fourth-order valence-electron chi connectivity index (χ4n) is 4.34. The number of pyridine rings is 1. The van der Waals surface area contributed by atoms with E-state index in [1.807, 2.05) is 6.92 Å². The third kappa shape index (κ3) is 7.07. The van der Waals surface area contributed by atoms with Crippen molar-refractivity contribution in [1.82, 2.24) is 9.88 Å². The smallest absolute Gasteiger partial charge is 0.407 e. The van der Waals surface area contributed by atoms with E-state index in [1.54, 1.807) is 63.2 Å². The van der Waals surface area contributed by atoms with Gasteiger partial charge in [-0.1, -0.05) is 48.7 Å². The minimum atomic E-state index is -0.946. The number of hydrogen-bond acceptors (Lipinski definition) is 6. The molecule has 3 rings (SSSR count). The molecule has 204 valence electrons. The maximum atomic E-state index is 14.1. The highest BCUT2D eigenvalue weighted by molar-refractivity contribution is 6.31. The summed E-state index contributed by atoms with van der Waals surface area (Å²) < 4.78 is 11.8. The molecule has 1 amide bonds. The SMILES string of the molecule is CCC[C@H](C(=O)OCO)c1c(-c2ccc(Cl)cc2)c2cc(Cl)ccc2n(CCNC(=O)OC(C)(C)C)c1=O. The number of nitrogens with one attached hydrogen (secondary N) is 1. The Morgan fingerprint density at radius 1 is 1.08 bits per heavy atom. The Labute approximate surface area is 231 Å². The summed E-state index contributed by atoms with van der Waals surface area (Å²) in [7, 11) is 0. The normalized spacial score (nSPS) is 12.3. The number of esters is 1. The van der Waals surface area contributed by atoms with Gasteiger partial charge in [-0.2, -0.15) is 0 Å². The summed E-state index contributed by atoms with van der Waals surface area (Å²) in [5.74, 6) is -1.65. The van der Waals surface area contributed by atoms with Crippen LogP contribution in [0.4, 0.5) is 4.79 Å². The molecule has 0 unspecified atom stereocenters. The standard InChI is InChI=1S/C28H32Cl2N2O6/c1-5-6-20(26(35)37-16-33)24-23(17-7-9-18(29)10-8-17)21-15-19(30)11-12-22(21)32(25(24)34)14-13-31-27(36)38-28(2,3)4/h7-12,15,20,33H,5-6,13-14,16H2,1-4H3,(H,31,36)/t20-/m0/s1. The van der Waals surface area contributed by atoms with Gasteiger partial charge >= 0.3 is 12.1 Å². The molecule has 0 radical (unpaired) electrons. The number of aliphatic hydroxyl groups excluding tert-OH is 1. The molecule has 2 aromatic carbocycles. The van der Waals surface area contributed by atoms with E-state index in [4.69, 9.17) is 32.7 Å². The van der Waals surface area contributed by atoms with E-state index in [1.165, 1.54) is 4.57 Å². The molecule has 38 heavy (non-hydrogen) atoms. The highest BCUT2D eigenvalue weighted by Gasteiger charge is 2.30. The van der Waals surface area contributed by atoms with Crippen LogP contribution in [0.1, 0.15) is 52.0 Å². The first-order valence-corrected chi connectivity index (χ1v) is 13.1. The second-order valence-corrected chi connectivity index (χ2v) is 10.6. The third-order valence-corrected chi connectivity index (χ3v) is 6.30. The summed E-state index contributed by atoms with van der Waals surface area (Å²) in [6.07, 6.45) is 0.293. The molecular weight excluding hydrogens is 531 g/mol. The predicted octanol–water partition coefficient (Wildman–Crippen LogP) is 5.88. The van der Waals surface area contributed by atoms with Gasteiger partial charge in [-0.3, -0.25) is 9.59 Å². The van der Waals surface area contributed by atoms with Gasteiger partial charge in [0.2, 0.25) is 0 Å². The van der Waals surface area contributed by atoms with Crippen molar-refractivity contribution in [2.24, 2.45) is 0 Å². The number of aromatic nitrogens is 1. The Balaban J connectivity index is 2.26. The first kappa shape index (κ1) is 29.5. The zero-order valence-electron chi connectivity index (χ0n) is 21.8. The average Bonchev–Trinajstić information content (AvgIpc) is 2.83. The first-order chi connectivity index (χ1) is 18.0. The maximum Gasteiger partial charge on any atom is 0.407 e. The topological polar surface area (TPSA) is 107 Å². The molecule has 0 bridgehead atoms. The van der Waals surface area contributed by atoms with Crippen LogP contribution in [-0.2, 0) is 20.8 Å². The number of hydrogen-bond donors (Lipinski definition) is 2. The Hall–Kier alpha value is -3.07. The van der Waals surface area contributed by atoms with Gasteiger partial charge in [0.05, 0.1) is 11.4 Å². The average molecular weight is 563 g/mol. The van der Waals surface area contributed by atoms with Crippen LogP contribution in [0.5, 0.6) is 0 Å². The summed E-state index contributed by atoms with van der Waals surface area (Å²) in [4.78, 5) is 39.4. The second kappa shape index (κ2) is 12.7. The molecule has 1 heterocycles. The molecule has 3 aromatic rings. The minimum Gasteiger partial charge on any atom is -0.444 e. The van der Waals surface area contributed by atoms with Crippen molar-refractivity contribution >= 4 is 46.2 Å². The number of aliphatic hydroxyl groups is 1. The van der Waals surface area contributed by atoms with Gasteiger partial charge in [-0.25, -0.2) is 4.79 Å². The second-order valence-electron chi connectivity index (χ2n) is 9.78. The fraction of sp³-hybridized carbons (Fsp3) is 0.393. The number of ether oxygens (including phenoxy) is 2. The van der Waals surface area contributed by atoms with Crippen molar-refractivity contribution in [2.75, 3.05) is 13.3 Å². The van der Waals surface area contributed by atoms with Gasteiger partial charge in [0, 0.05) is 39.6 Å². The van der Waals surface area contributed by atoms with E-state index < -0.39 is 35.9 Å². The Morgan fingerprint density at radius 3 is 2.34 bits per heavy atom. The molecule has 0 aliphatic carbocycles. The van der Waals surface area contributed by atoms with Crippen molar-refractivity contribution in [3.8, 4) is 11.1 Å². The molecule has 1 atom stereocenters. The van der Waals surface area contributed by atoms with E-state index >= 15 is 0 Å². The van der Waals surface area contributed by atoms with Crippen LogP contribution in [0, 0.1) is 0 Å². The molecule has 0 fully saturated rings. The highest BCUT2D eigenvalue weighted by atomic mass is 35.5. The zero-order chi connectivity index (χ0) is 28.0. The van der Waals surface area contributed by atoms with Gasteiger partial charge in [0.1, 0.15) is 5.60 Å². The number of rotatable bonds is 9. The number of halogens is 2. The van der Waals surface area contributed by atoms with Gasteiger partial charge in [0.25, 0.3) is 5.56 Å². The number of fused-ring (bicyclic) bond motifs is 1. The third-order valence-electron chi connectivity index (χ3n) is 5.82. The summed E-state index contributed by atoms with van der Waals surface area (Å²) in [5.41, 5.74) is 0.922. The molecule has 0 spiro atoms. The summed E-state index contributed by atoms with van der Waals surface area (Å²) >= 11 is 12.5. The Kier molecular flexibility index (Phi) is 9.82. The quantitative estimate of drug-likeness (QED) is 0.249. The lowest BCUT2D eigenvalue weighted by molar-refractivity contribution is -0.153. The van der Waals surface area contributed by atoms with Gasteiger partial charge in [-0.15, -0.1) is 0 Å². The number of nitrogens with zero attached hydrogens (tertiary/aromatic N) is 1. The first-order valence-electron chi connectivity index (χ1n) is 12.3. The number of carbonyl (C=O) groups is 2. The molecule has 0 saturated carbocycles. The van der Waals surface area contributed by atoms with Crippen LogP contribution in [0.15, 0.2) is 47.3 Å². The van der Waals surface area contributed by atoms with Crippen molar-refractivity contribution in [3.05, 3.63) is 68.4 Å². The van der Waals surface area contributed by atoms with Crippen LogP contribution < -0.4 is 10.9 Å². The molecule has 8 nitrogen and oxygen atoms in total. The molecule has 2 N–H and O–H groups in total.